The summed E-state index contributed by atoms with van der Waals surface area (Å²) in [7, 11) is 0. The van der Waals surface area contributed by atoms with Gasteiger partial charge in [-0.15, -0.1) is 0 Å². The fraction of sp³-hybridized carbons (Fsp3) is 0.941. The molecule has 1 N–H and O–H groups in total. The first kappa shape index (κ1) is 17.5. The van der Waals surface area contributed by atoms with Crippen LogP contribution in [-0.2, 0) is 9.53 Å². The molecule has 118 valence electrons. The van der Waals surface area contributed by atoms with Crippen LogP contribution in [0.25, 0.3) is 0 Å². The van der Waals surface area contributed by atoms with Gasteiger partial charge in [0.2, 0.25) is 0 Å². The van der Waals surface area contributed by atoms with Gasteiger partial charge in [-0.1, -0.05) is 64.7 Å². The van der Waals surface area contributed by atoms with Gasteiger partial charge in [0.15, 0.2) is 0 Å². The molecule has 1 heterocycles. The predicted molar refractivity (Wildman–Crippen MR) is 81.5 cm³/mol. The van der Waals surface area contributed by atoms with Gasteiger partial charge in [-0.05, 0) is 13.3 Å². The quantitative estimate of drug-likeness (QED) is 0.431. The van der Waals surface area contributed by atoms with Crippen molar-refractivity contribution in [1.29, 1.82) is 0 Å². The number of ether oxygens (including phenoxy) is 1. The maximum absolute atomic E-state index is 10.9. The number of aliphatic hydroxyl groups excluding tert-OH is 1. The van der Waals surface area contributed by atoms with Gasteiger partial charge in [0.1, 0.15) is 6.10 Å². The molecular formula is C17H32O3. The van der Waals surface area contributed by atoms with E-state index in [4.69, 9.17) is 4.74 Å². The highest BCUT2D eigenvalue weighted by Crippen LogP contribution is 2.26. The van der Waals surface area contributed by atoms with E-state index in [0.717, 1.165) is 12.8 Å². The van der Waals surface area contributed by atoms with Crippen LogP contribution in [0.4, 0.5) is 0 Å². The summed E-state index contributed by atoms with van der Waals surface area (Å²) in [6, 6.07) is 0. The van der Waals surface area contributed by atoms with Crippen LogP contribution in [0.3, 0.4) is 0 Å². The molecule has 0 spiro atoms. The molecule has 0 saturated carbocycles. The minimum atomic E-state index is -0.305. The minimum absolute atomic E-state index is 0.0206. The molecule has 1 fully saturated rings. The van der Waals surface area contributed by atoms with Crippen molar-refractivity contribution in [2.24, 2.45) is 5.92 Å². The molecule has 1 saturated heterocycles. The zero-order valence-electron chi connectivity index (χ0n) is 13.3. The number of carbonyl (C=O) groups is 1. The highest BCUT2D eigenvalue weighted by Gasteiger charge is 2.39. The molecule has 0 radical (unpaired) electrons. The number of rotatable bonds is 12. The van der Waals surface area contributed by atoms with Crippen LogP contribution in [0.1, 0.15) is 84.5 Å². The Balaban J connectivity index is 1.85. The first-order valence-corrected chi connectivity index (χ1v) is 8.53. The largest absolute Gasteiger partial charge is 0.461 e. The molecule has 3 nitrogen and oxygen atoms in total. The summed E-state index contributed by atoms with van der Waals surface area (Å²) in [6.07, 6.45) is 12.8. The van der Waals surface area contributed by atoms with Crippen molar-refractivity contribution in [1.82, 2.24) is 0 Å². The topological polar surface area (TPSA) is 46.5 Å². The van der Waals surface area contributed by atoms with Gasteiger partial charge in [0.05, 0.1) is 12.0 Å². The highest BCUT2D eigenvalue weighted by molar-refractivity contribution is 5.77. The zero-order valence-corrected chi connectivity index (χ0v) is 13.3. The monoisotopic (exact) mass is 284 g/mol. The SMILES string of the molecule is CCCCCCCCCCC[C@H](O)CC1OC(=O)C1C. The molecule has 0 aliphatic carbocycles. The van der Waals surface area contributed by atoms with Crippen molar-refractivity contribution in [2.75, 3.05) is 0 Å². The summed E-state index contributed by atoms with van der Waals surface area (Å²) in [5, 5.41) is 9.90. The molecule has 3 heteroatoms. The summed E-state index contributed by atoms with van der Waals surface area (Å²) in [4.78, 5) is 10.9. The summed E-state index contributed by atoms with van der Waals surface area (Å²) in [6.45, 7) is 4.12. The van der Waals surface area contributed by atoms with Gasteiger partial charge < -0.3 is 9.84 Å². The molecule has 3 atom stereocenters. The molecule has 2 unspecified atom stereocenters. The fourth-order valence-corrected chi connectivity index (χ4v) is 2.77. The van der Waals surface area contributed by atoms with E-state index in [0.29, 0.717) is 6.42 Å². The average Bonchev–Trinajstić information content (AvgIpc) is 2.45. The summed E-state index contributed by atoms with van der Waals surface area (Å²) < 4.78 is 5.01. The number of esters is 1. The number of unbranched alkanes of at least 4 members (excludes halogenated alkanes) is 8. The van der Waals surface area contributed by atoms with Crippen LogP contribution in [0, 0.1) is 5.92 Å². The third kappa shape index (κ3) is 6.74. The van der Waals surface area contributed by atoms with Gasteiger partial charge >= 0.3 is 5.97 Å². The second kappa shape index (κ2) is 10.2. The molecule has 0 aromatic carbocycles. The first-order valence-electron chi connectivity index (χ1n) is 8.53. The van der Waals surface area contributed by atoms with Crippen LogP contribution in [0.15, 0.2) is 0 Å². The lowest BCUT2D eigenvalue weighted by Crippen LogP contribution is -2.44. The maximum atomic E-state index is 10.9. The molecule has 1 rings (SSSR count). The van der Waals surface area contributed by atoms with Crippen molar-refractivity contribution in [3.63, 3.8) is 0 Å². The van der Waals surface area contributed by atoms with Crippen LogP contribution in [0.2, 0.25) is 0 Å². The van der Waals surface area contributed by atoms with Gasteiger partial charge in [0.25, 0.3) is 0 Å². The number of hydrogen-bond donors (Lipinski definition) is 1. The third-order valence-corrected chi connectivity index (χ3v) is 4.34. The molecular weight excluding hydrogens is 252 g/mol. The predicted octanol–water partition coefficient (Wildman–Crippen LogP) is 4.22. The van der Waals surface area contributed by atoms with Crippen molar-refractivity contribution < 1.29 is 14.6 Å². The molecule has 0 bridgehead atoms. The number of carbonyl (C=O) groups excluding carboxylic acids is 1. The third-order valence-electron chi connectivity index (χ3n) is 4.34. The average molecular weight is 284 g/mol. The Morgan fingerprint density at radius 1 is 1.05 bits per heavy atom. The Morgan fingerprint density at radius 3 is 2.10 bits per heavy atom. The van der Waals surface area contributed by atoms with E-state index in [2.05, 4.69) is 6.92 Å². The lowest BCUT2D eigenvalue weighted by atomic mass is 9.92. The zero-order chi connectivity index (χ0) is 14.8. The van der Waals surface area contributed by atoms with Crippen molar-refractivity contribution in [3.8, 4) is 0 Å². The van der Waals surface area contributed by atoms with Gasteiger partial charge in [-0.25, -0.2) is 0 Å². The lowest BCUT2D eigenvalue weighted by Gasteiger charge is -2.33. The van der Waals surface area contributed by atoms with Crippen molar-refractivity contribution >= 4 is 5.97 Å². The van der Waals surface area contributed by atoms with E-state index in [1.165, 1.54) is 51.4 Å². The maximum Gasteiger partial charge on any atom is 0.312 e. The first-order chi connectivity index (χ1) is 9.65. The lowest BCUT2D eigenvalue weighted by molar-refractivity contribution is -0.185. The number of cyclic esters (lactones) is 1. The van der Waals surface area contributed by atoms with Gasteiger partial charge in [-0.2, -0.15) is 0 Å². The molecule has 20 heavy (non-hydrogen) atoms. The second-order valence-electron chi connectivity index (χ2n) is 6.27. The normalized spacial score (nSPS) is 23.2. The van der Waals surface area contributed by atoms with E-state index >= 15 is 0 Å². The van der Waals surface area contributed by atoms with Crippen LogP contribution in [-0.4, -0.2) is 23.3 Å². The van der Waals surface area contributed by atoms with Crippen LogP contribution >= 0.6 is 0 Å². The molecule has 0 aromatic heterocycles. The molecule has 0 amide bonds. The van der Waals surface area contributed by atoms with Gasteiger partial charge in [0, 0.05) is 6.42 Å². The Labute approximate surface area is 124 Å². The number of hydrogen-bond acceptors (Lipinski definition) is 3. The fourth-order valence-electron chi connectivity index (χ4n) is 2.77. The minimum Gasteiger partial charge on any atom is -0.461 e. The number of aliphatic hydroxyl groups is 1. The van der Waals surface area contributed by atoms with E-state index < -0.39 is 0 Å². The van der Waals surface area contributed by atoms with E-state index in [-0.39, 0.29) is 24.1 Å². The van der Waals surface area contributed by atoms with Crippen LogP contribution in [0.5, 0.6) is 0 Å². The molecule has 0 aromatic rings. The summed E-state index contributed by atoms with van der Waals surface area (Å²) in [5.74, 6) is -0.141. The summed E-state index contributed by atoms with van der Waals surface area (Å²) in [5.41, 5.74) is 0. The standard InChI is InChI=1S/C17H32O3/c1-3-4-5-6-7-8-9-10-11-12-15(18)13-16-14(2)17(19)20-16/h14-16,18H,3-13H2,1-2H3/t14?,15-,16?/m0/s1. The Morgan fingerprint density at radius 2 is 1.60 bits per heavy atom. The van der Waals surface area contributed by atoms with Crippen molar-refractivity contribution in [2.45, 2.75) is 96.7 Å². The highest BCUT2D eigenvalue weighted by atomic mass is 16.6. The van der Waals surface area contributed by atoms with Gasteiger partial charge in [-0.3, -0.25) is 4.79 Å². The van der Waals surface area contributed by atoms with Crippen LogP contribution < -0.4 is 0 Å². The smallest absolute Gasteiger partial charge is 0.312 e. The van der Waals surface area contributed by atoms with E-state index in [9.17, 15) is 9.90 Å². The van der Waals surface area contributed by atoms with E-state index in [1.807, 2.05) is 6.92 Å². The molecule has 1 aliphatic heterocycles. The molecule has 1 aliphatic rings. The van der Waals surface area contributed by atoms with E-state index in [1.54, 1.807) is 0 Å². The Kier molecular flexibility index (Phi) is 8.92. The van der Waals surface area contributed by atoms with Crippen molar-refractivity contribution in [3.05, 3.63) is 0 Å². The summed E-state index contributed by atoms with van der Waals surface area (Å²) >= 11 is 0. The Hall–Kier alpha value is -0.570. The second-order valence-corrected chi connectivity index (χ2v) is 6.27. The Bertz CT molecular complexity index is 265.